The van der Waals surface area contributed by atoms with Gasteiger partial charge in [0.25, 0.3) is 0 Å². The molecule has 0 unspecified atom stereocenters. The lowest BCUT2D eigenvalue weighted by Crippen LogP contribution is -2.10. The van der Waals surface area contributed by atoms with Gasteiger partial charge in [-0.05, 0) is 6.92 Å². The molecule has 0 aromatic carbocycles. The number of pyridine rings is 1. The third-order valence-electron chi connectivity index (χ3n) is 1.90. The number of ether oxygens (including phenoxy) is 2. The minimum Gasteiger partial charge on any atom is -0.495 e. The van der Waals surface area contributed by atoms with E-state index in [-0.39, 0.29) is 12.4 Å². The van der Waals surface area contributed by atoms with Crippen molar-refractivity contribution < 1.29 is 14.3 Å². The van der Waals surface area contributed by atoms with Crippen molar-refractivity contribution in [3.8, 4) is 11.8 Å². The van der Waals surface area contributed by atoms with E-state index in [2.05, 4.69) is 4.98 Å². The molecule has 0 atom stereocenters. The Morgan fingerprint density at radius 3 is 2.94 bits per heavy atom. The van der Waals surface area contributed by atoms with Gasteiger partial charge in [-0.3, -0.25) is 9.78 Å². The first-order chi connectivity index (χ1) is 7.71. The number of rotatable bonds is 4. The van der Waals surface area contributed by atoms with Crippen LogP contribution in [0.15, 0.2) is 12.3 Å². The zero-order chi connectivity index (χ0) is 12.0. The molecule has 0 aliphatic rings. The Hall–Kier alpha value is -2.09. The number of esters is 1. The molecule has 0 saturated carbocycles. The van der Waals surface area contributed by atoms with E-state index in [1.165, 1.54) is 13.3 Å². The lowest BCUT2D eigenvalue weighted by atomic mass is 10.2. The van der Waals surface area contributed by atoms with Crippen LogP contribution in [0.4, 0.5) is 0 Å². The van der Waals surface area contributed by atoms with Crippen molar-refractivity contribution in [1.82, 2.24) is 4.98 Å². The van der Waals surface area contributed by atoms with Gasteiger partial charge in [0.15, 0.2) is 0 Å². The Labute approximate surface area is 93.6 Å². The van der Waals surface area contributed by atoms with Gasteiger partial charge in [0.1, 0.15) is 11.8 Å². The summed E-state index contributed by atoms with van der Waals surface area (Å²) in [5, 5.41) is 8.68. The van der Waals surface area contributed by atoms with Gasteiger partial charge < -0.3 is 9.47 Å². The van der Waals surface area contributed by atoms with E-state index < -0.39 is 0 Å². The summed E-state index contributed by atoms with van der Waals surface area (Å²) < 4.78 is 9.85. The van der Waals surface area contributed by atoms with E-state index in [1.807, 2.05) is 6.07 Å². The summed E-state index contributed by atoms with van der Waals surface area (Å²) in [7, 11) is 1.47. The number of hydrogen-bond donors (Lipinski definition) is 0. The monoisotopic (exact) mass is 220 g/mol. The SMILES string of the molecule is CCOC(=O)Cc1ncc(C#N)cc1OC. The second-order valence-corrected chi connectivity index (χ2v) is 2.97. The quantitative estimate of drug-likeness (QED) is 0.709. The summed E-state index contributed by atoms with van der Waals surface area (Å²) in [4.78, 5) is 15.2. The first-order valence-corrected chi connectivity index (χ1v) is 4.79. The Balaban J connectivity index is 2.88. The van der Waals surface area contributed by atoms with Gasteiger partial charge in [0, 0.05) is 12.3 Å². The smallest absolute Gasteiger partial charge is 0.312 e. The van der Waals surface area contributed by atoms with Crippen molar-refractivity contribution in [2.75, 3.05) is 13.7 Å². The number of aromatic nitrogens is 1. The summed E-state index contributed by atoms with van der Waals surface area (Å²) in [5.74, 6) is 0.0603. The molecule has 1 rings (SSSR count). The van der Waals surface area contributed by atoms with Gasteiger partial charge in [-0.25, -0.2) is 0 Å². The molecule has 5 nitrogen and oxygen atoms in total. The number of hydrogen-bond acceptors (Lipinski definition) is 5. The molecule has 0 radical (unpaired) electrons. The fourth-order valence-corrected chi connectivity index (χ4v) is 1.19. The first kappa shape index (κ1) is 12.0. The van der Waals surface area contributed by atoms with Gasteiger partial charge in [-0.1, -0.05) is 0 Å². The molecule has 0 bridgehead atoms. The predicted octanol–water partition coefficient (Wildman–Crippen LogP) is 1.07. The molecule has 0 saturated heterocycles. The molecule has 0 N–H and O–H groups in total. The van der Waals surface area contributed by atoms with Crippen molar-refractivity contribution in [2.45, 2.75) is 13.3 Å². The standard InChI is InChI=1S/C11H12N2O3/c1-3-16-11(14)5-9-10(15-2)4-8(6-12)7-13-9/h4,7H,3,5H2,1-2H3. The van der Waals surface area contributed by atoms with Crippen molar-refractivity contribution >= 4 is 5.97 Å². The normalized spacial score (nSPS) is 9.31. The highest BCUT2D eigenvalue weighted by Crippen LogP contribution is 2.17. The highest BCUT2D eigenvalue weighted by Gasteiger charge is 2.11. The van der Waals surface area contributed by atoms with E-state index in [1.54, 1.807) is 13.0 Å². The van der Waals surface area contributed by atoms with Gasteiger partial charge >= 0.3 is 5.97 Å². The second-order valence-electron chi connectivity index (χ2n) is 2.97. The zero-order valence-corrected chi connectivity index (χ0v) is 9.19. The first-order valence-electron chi connectivity index (χ1n) is 4.79. The van der Waals surface area contributed by atoms with E-state index in [9.17, 15) is 4.79 Å². The van der Waals surface area contributed by atoms with Gasteiger partial charge in [-0.2, -0.15) is 5.26 Å². The fraction of sp³-hybridized carbons (Fsp3) is 0.364. The average Bonchev–Trinajstić information content (AvgIpc) is 2.30. The number of carbonyl (C=O) groups is 1. The predicted molar refractivity (Wildman–Crippen MR) is 55.8 cm³/mol. The van der Waals surface area contributed by atoms with E-state index in [0.717, 1.165) is 0 Å². The molecule has 0 fully saturated rings. The van der Waals surface area contributed by atoms with Crippen LogP contribution in [0.5, 0.6) is 5.75 Å². The summed E-state index contributed by atoms with van der Waals surface area (Å²) in [5.41, 5.74) is 0.865. The van der Waals surface area contributed by atoms with Crippen LogP contribution in [0.1, 0.15) is 18.2 Å². The van der Waals surface area contributed by atoms with E-state index in [0.29, 0.717) is 23.6 Å². The summed E-state index contributed by atoms with van der Waals surface area (Å²) >= 11 is 0. The topological polar surface area (TPSA) is 72.2 Å². The van der Waals surface area contributed by atoms with Crippen LogP contribution in [0.25, 0.3) is 0 Å². The maximum atomic E-state index is 11.3. The van der Waals surface area contributed by atoms with Crippen LogP contribution in [-0.2, 0) is 16.0 Å². The molecular formula is C11H12N2O3. The minimum absolute atomic E-state index is 0.0444. The van der Waals surface area contributed by atoms with Gasteiger partial charge in [0.2, 0.25) is 0 Å². The number of nitriles is 1. The van der Waals surface area contributed by atoms with E-state index in [4.69, 9.17) is 14.7 Å². The Morgan fingerprint density at radius 2 is 2.38 bits per heavy atom. The minimum atomic E-state index is -0.363. The maximum Gasteiger partial charge on any atom is 0.312 e. The highest BCUT2D eigenvalue weighted by molar-refractivity contribution is 5.72. The van der Waals surface area contributed by atoms with Crippen molar-refractivity contribution in [3.05, 3.63) is 23.5 Å². The molecule has 1 aromatic rings. The van der Waals surface area contributed by atoms with Gasteiger partial charge in [-0.15, -0.1) is 0 Å². The Kier molecular flexibility index (Phi) is 4.28. The second kappa shape index (κ2) is 5.71. The molecule has 0 aliphatic carbocycles. The molecule has 84 valence electrons. The Bertz CT molecular complexity index is 424. The third-order valence-corrected chi connectivity index (χ3v) is 1.90. The molecule has 0 aliphatic heterocycles. The number of nitrogens with zero attached hydrogens (tertiary/aromatic N) is 2. The van der Waals surface area contributed by atoms with Crippen molar-refractivity contribution in [1.29, 1.82) is 5.26 Å². The molecule has 16 heavy (non-hydrogen) atoms. The van der Waals surface area contributed by atoms with Crippen LogP contribution in [0.2, 0.25) is 0 Å². The highest BCUT2D eigenvalue weighted by atomic mass is 16.5. The number of methoxy groups -OCH3 is 1. The zero-order valence-electron chi connectivity index (χ0n) is 9.19. The molecule has 5 heteroatoms. The van der Waals surface area contributed by atoms with Crippen LogP contribution in [0.3, 0.4) is 0 Å². The lowest BCUT2D eigenvalue weighted by molar-refractivity contribution is -0.142. The molecule has 0 amide bonds. The fourth-order valence-electron chi connectivity index (χ4n) is 1.19. The summed E-state index contributed by atoms with van der Waals surface area (Å²) in [6, 6.07) is 3.49. The van der Waals surface area contributed by atoms with Crippen LogP contribution < -0.4 is 4.74 Å². The molecule has 1 heterocycles. The van der Waals surface area contributed by atoms with Crippen LogP contribution >= 0.6 is 0 Å². The Morgan fingerprint density at radius 1 is 1.62 bits per heavy atom. The average molecular weight is 220 g/mol. The van der Waals surface area contributed by atoms with Crippen molar-refractivity contribution in [2.24, 2.45) is 0 Å². The maximum absolute atomic E-state index is 11.3. The molecule has 0 spiro atoms. The van der Waals surface area contributed by atoms with Crippen LogP contribution in [0, 0.1) is 11.3 Å². The largest absolute Gasteiger partial charge is 0.495 e. The van der Waals surface area contributed by atoms with Gasteiger partial charge in [0.05, 0.1) is 31.4 Å². The summed E-state index contributed by atoms with van der Waals surface area (Å²) in [6.07, 6.45) is 1.44. The molecular weight excluding hydrogens is 208 g/mol. The lowest BCUT2D eigenvalue weighted by Gasteiger charge is -2.07. The van der Waals surface area contributed by atoms with Crippen molar-refractivity contribution in [3.63, 3.8) is 0 Å². The van der Waals surface area contributed by atoms with E-state index >= 15 is 0 Å². The summed E-state index contributed by atoms with van der Waals surface area (Å²) in [6.45, 7) is 2.07. The van der Waals surface area contributed by atoms with Crippen LogP contribution in [-0.4, -0.2) is 24.7 Å². The third kappa shape index (κ3) is 2.95. The number of carbonyl (C=O) groups excluding carboxylic acids is 1. The molecule has 1 aromatic heterocycles.